The molecule has 4 rings (SSSR count). The summed E-state index contributed by atoms with van der Waals surface area (Å²) < 4.78 is 7.64. The molecule has 3 aromatic heterocycles. The smallest absolute Gasteiger partial charge is 0.239 e. The van der Waals surface area contributed by atoms with E-state index in [0.717, 1.165) is 23.1 Å². The quantitative estimate of drug-likeness (QED) is 0.382. The summed E-state index contributed by atoms with van der Waals surface area (Å²) in [5, 5.41) is 16.0. The minimum absolute atomic E-state index is 0.0418. The SMILES string of the molecule is C[C@H](Sc1nnc(Cc2cccs2)n1-c1ccccc1)c1nc(C(C)(C)C)no1. The van der Waals surface area contributed by atoms with Crippen LogP contribution in [-0.4, -0.2) is 24.9 Å². The van der Waals surface area contributed by atoms with Gasteiger partial charge in [0.15, 0.2) is 11.0 Å². The second-order valence-electron chi connectivity index (χ2n) is 7.79. The number of hydrogen-bond acceptors (Lipinski definition) is 7. The lowest BCUT2D eigenvalue weighted by Crippen LogP contribution is -2.13. The van der Waals surface area contributed by atoms with Crippen LogP contribution in [0, 0.1) is 0 Å². The fraction of sp³-hybridized carbons (Fsp3) is 0.333. The van der Waals surface area contributed by atoms with Crippen LogP contribution in [0.2, 0.25) is 0 Å². The first-order chi connectivity index (χ1) is 13.9. The standard InChI is InChI=1S/C21H23N5OS2/c1-14(18-22-19(25-27-18)21(2,3)4)29-20-24-23-17(13-16-11-8-12-28-16)26(20)15-9-6-5-7-10-15/h5-12,14H,13H2,1-4H3/t14-/m0/s1. The molecule has 0 spiro atoms. The molecule has 4 aromatic rings. The molecule has 8 heteroatoms. The normalized spacial score (nSPS) is 13.0. The maximum Gasteiger partial charge on any atom is 0.239 e. The monoisotopic (exact) mass is 425 g/mol. The van der Waals surface area contributed by atoms with Gasteiger partial charge in [0, 0.05) is 22.4 Å². The number of nitrogens with zero attached hydrogens (tertiary/aromatic N) is 5. The van der Waals surface area contributed by atoms with Crippen LogP contribution in [-0.2, 0) is 11.8 Å². The lowest BCUT2D eigenvalue weighted by atomic mass is 9.96. The molecule has 0 N–H and O–H groups in total. The highest BCUT2D eigenvalue weighted by Crippen LogP contribution is 2.35. The highest BCUT2D eigenvalue weighted by atomic mass is 32.2. The molecule has 29 heavy (non-hydrogen) atoms. The predicted molar refractivity (Wildman–Crippen MR) is 116 cm³/mol. The Balaban J connectivity index is 1.64. The van der Waals surface area contributed by atoms with Crippen molar-refractivity contribution in [3.63, 3.8) is 0 Å². The third-order valence-corrected chi connectivity index (χ3v) is 6.28. The van der Waals surface area contributed by atoms with E-state index in [2.05, 4.69) is 75.3 Å². The van der Waals surface area contributed by atoms with Crippen LogP contribution in [0.4, 0.5) is 0 Å². The van der Waals surface area contributed by atoms with Crippen LogP contribution in [0.15, 0.2) is 57.5 Å². The molecule has 1 atom stereocenters. The second-order valence-corrected chi connectivity index (χ2v) is 10.1. The van der Waals surface area contributed by atoms with Gasteiger partial charge >= 0.3 is 0 Å². The predicted octanol–water partition coefficient (Wildman–Crippen LogP) is 5.45. The van der Waals surface area contributed by atoms with Gasteiger partial charge in [0.05, 0.1) is 5.25 Å². The summed E-state index contributed by atoms with van der Waals surface area (Å²) >= 11 is 3.30. The maximum atomic E-state index is 5.53. The minimum atomic E-state index is -0.149. The average molecular weight is 426 g/mol. The van der Waals surface area contributed by atoms with E-state index >= 15 is 0 Å². The Labute approximate surface area is 178 Å². The van der Waals surface area contributed by atoms with E-state index in [1.54, 1.807) is 23.1 Å². The van der Waals surface area contributed by atoms with Crippen molar-refractivity contribution in [1.82, 2.24) is 24.9 Å². The van der Waals surface area contributed by atoms with Gasteiger partial charge in [-0.15, -0.1) is 21.5 Å². The average Bonchev–Trinajstić information content (AvgIpc) is 3.43. The summed E-state index contributed by atoms with van der Waals surface area (Å²) in [5.74, 6) is 2.22. The summed E-state index contributed by atoms with van der Waals surface area (Å²) in [6, 6.07) is 14.4. The molecule has 0 unspecified atom stereocenters. The Hall–Kier alpha value is -2.45. The number of thiophene rings is 1. The third-order valence-electron chi connectivity index (χ3n) is 4.37. The van der Waals surface area contributed by atoms with E-state index < -0.39 is 0 Å². The molecule has 0 saturated heterocycles. The van der Waals surface area contributed by atoms with E-state index in [0.29, 0.717) is 11.7 Å². The van der Waals surface area contributed by atoms with Crippen LogP contribution in [0.1, 0.15) is 55.4 Å². The van der Waals surface area contributed by atoms with Crippen molar-refractivity contribution in [2.24, 2.45) is 0 Å². The van der Waals surface area contributed by atoms with Crippen molar-refractivity contribution >= 4 is 23.1 Å². The molecule has 0 aliphatic carbocycles. The Bertz CT molecular complexity index is 1060. The lowest BCUT2D eigenvalue weighted by Gasteiger charge is -2.12. The number of thioether (sulfide) groups is 1. The fourth-order valence-corrected chi connectivity index (χ4v) is 4.43. The molecule has 6 nitrogen and oxygen atoms in total. The van der Waals surface area contributed by atoms with Crippen LogP contribution >= 0.6 is 23.1 Å². The Morgan fingerprint density at radius 3 is 2.55 bits per heavy atom. The highest BCUT2D eigenvalue weighted by Gasteiger charge is 2.25. The lowest BCUT2D eigenvalue weighted by molar-refractivity contribution is 0.364. The van der Waals surface area contributed by atoms with Gasteiger partial charge in [-0.3, -0.25) is 4.57 Å². The van der Waals surface area contributed by atoms with Crippen molar-refractivity contribution in [3.8, 4) is 5.69 Å². The van der Waals surface area contributed by atoms with Gasteiger partial charge in [0.2, 0.25) is 5.89 Å². The van der Waals surface area contributed by atoms with Gasteiger partial charge in [-0.25, -0.2) is 0 Å². The fourth-order valence-electron chi connectivity index (χ4n) is 2.81. The maximum absolute atomic E-state index is 5.53. The largest absolute Gasteiger partial charge is 0.338 e. The Kier molecular flexibility index (Phi) is 5.56. The molecule has 0 fully saturated rings. The van der Waals surface area contributed by atoms with Crippen LogP contribution < -0.4 is 0 Å². The first-order valence-electron chi connectivity index (χ1n) is 9.44. The Morgan fingerprint density at radius 2 is 1.90 bits per heavy atom. The van der Waals surface area contributed by atoms with Gasteiger partial charge in [0.1, 0.15) is 5.82 Å². The summed E-state index contributed by atoms with van der Waals surface area (Å²) in [5.41, 5.74) is 0.893. The van der Waals surface area contributed by atoms with Crippen LogP contribution in [0.3, 0.4) is 0 Å². The van der Waals surface area contributed by atoms with Crippen molar-refractivity contribution in [1.29, 1.82) is 0 Å². The van der Waals surface area contributed by atoms with Crippen molar-refractivity contribution in [2.75, 3.05) is 0 Å². The molecule has 0 amide bonds. The zero-order valence-electron chi connectivity index (χ0n) is 16.9. The van der Waals surface area contributed by atoms with Gasteiger partial charge in [0.25, 0.3) is 0 Å². The van der Waals surface area contributed by atoms with Gasteiger partial charge in [-0.2, -0.15) is 4.98 Å². The van der Waals surface area contributed by atoms with Gasteiger partial charge in [-0.05, 0) is 30.5 Å². The molecule has 0 radical (unpaired) electrons. The molecule has 0 saturated carbocycles. The molecule has 0 aliphatic rings. The highest BCUT2D eigenvalue weighted by molar-refractivity contribution is 7.99. The van der Waals surface area contributed by atoms with Crippen molar-refractivity contribution in [3.05, 3.63) is 70.3 Å². The van der Waals surface area contributed by atoms with Crippen LogP contribution in [0.25, 0.3) is 5.69 Å². The molecule has 1 aromatic carbocycles. The van der Waals surface area contributed by atoms with Crippen LogP contribution in [0.5, 0.6) is 0 Å². The first-order valence-corrected chi connectivity index (χ1v) is 11.2. The number of hydrogen-bond donors (Lipinski definition) is 0. The summed E-state index contributed by atoms with van der Waals surface area (Å²) in [6.07, 6.45) is 0.739. The van der Waals surface area contributed by atoms with E-state index in [4.69, 9.17) is 4.52 Å². The van der Waals surface area contributed by atoms with E-state index in [-0.39, 0.29) is 10.7 Å². The number of benzene rings is 1. The zero-order valence-corrected chi connectivity index (χ0v) is 18.5. The first kappa shape index (κ1) is 19.8. The second kappa shape index (κ2) is 8.12. The molecule has 3 heterocycles. The van der Waals surface area contributed by atoms with Gasteiger partial charge in [-0.1, -0.05) is 62.0 Å². The van der Waals surface area contributed by atoms with E-state index in [1.165, 1.54) is 4.88 Å². The molecular formula is C21H23N5OS2. The number of aromatic nitrogens is 5. The van der Waals surface area contributed by atoms with E-state index in [1.807, 2.05) is 25.1 Å². The van der Waals surface area contributed by atoms with Gasteiger partial charge < -0.3 is 4.52 Å². The third kappa shape index (κ3) is 4.43. The Morgan fingerprint density at radius 1 is 1.10 bits per heavy atom. The molecule has 150 valence electrons. The summed E-state index contributed by atoms with van der Waals surface area (Å²) in [7, 11) is 0. The topological polar surface area (TPSA) is 69.6 Å². The molecular weight excluding hydrogens is 402 g/mol. The van der Waals surface area contributed by atoms with E-state index in [9.17, 15) is 0 Å². The summed E-state index contributed by atoms with van der Waals surface area (Å²) in [6.45, 7) is 8.26. The van der Waals surface area contributed by atoms with Crippen molar-refractivity contribution < 1.29 is 4.52 Å². The van der Waals surface area contributed by atoms with Crippen molar-refractivity contribution in [2.45, 2.75) is 49.9 Å². The number of rotatable bonds is 6. The minimum Gasteiger partial charge on any atom is -0.338 e. The number of para-hydroxylation sites is 1. The summed E-state index contributed by atoms with van der Waals surface area (Å²) in [4.78, 5) is 5.85. The zero-order chi connectivity index (χ0) is 20.4. The molecule has 0 bridgehead atoms. The molecule has 0 aliphatic heterocycles.